The van der Waals surface area contributed by atoms with Crippen LogP contribution in [-0.2, 0) is 9.53 Å². The summed E-state index contributed by atoms with van der Waals surface area (Å²) in [5.74, 6) is -0.107. The number of nitrogens with zero attached hydrogens (tertiary/aromatic N) is 1. The van der Waals surface area contributed by atoms with Crippen LogP contribution in [0, 0.1) is 0 Å². The van der Waals surface area contributed by atoms with Gasteiger partial charge in [-0.05, 0) is 13.8 Å². The van der Waals surface area contributed by atoms with Gasteiger partial charge in [-0.15, -0.1) is 0 Å². The van der Waals surface area contributed by atoms with E-state index in [9.17, 15) is 4.79 Å². The predicted molar refractivity (Wildman–Crippen MR) is 50.5 cm³/mol. The molecule has 0 radical (unpaired) electrons. The van der Waals surface area contributed by atoms with E-state index in [4.69, 9.17) is 4.74 Å². The number of hydrogen-bond donors (Lipinski definition) is 1. The molecule has 1 aliphatic rings. The zero-order valence-corrected chi connectivity index (χ0v) is 8.38. The Hall–Kier alpha value is -0.610. The molecule has 0 aromatic rings. The first-order chi connectivity index (χ1) is 6.25. The highest BCUT2D eigenvalue weighted by atomic mass is 16.5. The summed E-state index contributed by atoms with van der Waals surface area (Å²) in [4.78, 5) is 13.5. The second kappa shape index (κ2) is 5.19. The van der Waals surface area contributed by atoms with Crippen LogP contribution < -0.4 is 5.32 Å². The Morgan fingerprint density at radius 1 is 1.54 bits per heavy atom. The third-order valence-corrected chi connectivity index (χ3v) is 2.33. The molecule has 1 atom stereocenters. The zero-order chi connectivity index (χ0) is 9.68. The minimum absolute atomic E-state index is 0.0953. The van der Waals surface area contributed by atoms with Crippen molar-refractivity contribution in [2.45, 2.75) is 19.9 Å². The first kappa shape index (κ1) is 10.5. The number of carbonyl (C=O) groups excluding carboxylic acids is 1. The molecule has 4 heteroatoms. The van der Waals surface area contributed by atoms with E-state index in [1.54, 1.807) is 0 Å². The van der Waals surface area contributed by atoms with Gasteiger partial charge in [0.2, 0.25) is 0 Å². The molecule has 0 amide bonds. The van der Waals surface area contributed by atoms with Crippen LogP contribution in [-0.4, -0.2) is 49.7 Å². The second-order valence-corrected chi connectivity index (χ2v) is 3.21. The Kier molecular flexibility index (Phi) is 4.18. The third kappa shape index (κ3) is 2.97. The largest absolute Gasteiger partial charge is 0.465 e. The Bertz CT molecular complexity index is 167. The maximum Gasteiger partial charge on any atom is 0.323 e. The SMILES string of the molecule is CCOC(=O)[C@H](C)N1CCNCC1. The van der Waals surface area contributed by atoms with Gasteiger partial charge < -0.3 is 10.1 Å². The first-order valence-corrected chi connectivity index (χ1v) is 4.87. The van der Waals surface area contributed by atoms with Crippen molar-refractivity contribution in [2.75, 3.05) is 32.8 Å². The van der Waals surface area contributed by atoms with Gasteiger partial charge in [0, 0.05) is 26.2 Å². The molecule has 4 nitrogen and oxygen atoms in total. The summed E-state index contributed by atoms with van der Waals surface area (Å²) >= 11 is 0. The highest BCUT2D eigenvalue weighted by Crippen LogP contribution is 2.02. The molecule has 0 saturated carbocycles. The van der Waals surface area contributed by atoms with Crippen LogP contribution >= 0.6 is 0 Å². The normalized spacial score (nSPS) is 21.1. The van der Waals surface area contributed by atoms with Crippen LogP contribution in [0.5, 0.6) is 0 Å². The topological polar surface area (TPSA) is 41.6 Å². The van der Waals surface area contributed by atoms with Crippen molar-refractivity contribution in [3.05, 3.63) is 0 Å². The fourth-order valence-electron chi connectivity index (χ4n) is 1.48. The highest BCUT2D eigenvalue weighted by Gasteiger charge is 2.23. The quantitative estimate of drug-likeness (QED) is 0.622. The number of piperazine rings is 1. The summed E-state index contributed by atoms with van der Waals surface area (Å²) in [6.45, 7) is 7.99. The lowest BCUT2D eigenvalue weighted by molar-refractivity contribution is -0.149. The van der Waals surface area contributed by atoms with Crippen LogP contribution in [0.4, 0.5) is 0 Å². The van der Waals surface area contributed by atoms with Crippen molar-refractivity contribution in [3.63, 3.8) is 0 Å². The molecule has 0 aliphatic carbocycles. The summed E-state index contributed by atoms with van der Waals surface area (Å²) in [5, 5.41) is 3.25. The number of ether oxygens (including phenoxy) is 1. The van der Waals surface area contributed by atoms with E-state index in [1.165, 1.54) is 0 Å². The summed E-state index contributed by atoms with van der Waals surface area (Å²) in [7, 11) is 0. The van der Waals surface area contributed by atoms with Crippen LogP contribution in [0.3, 0.4) is 0 Å². The van der Waals surface area contributed by atoms with Crippen LogP contribution in [0.25, 0.3) is 0 Å². The first-order valence-electron chi connectivity index (χ1n) is 4.87. The molecule has 0 unspecified atom stereocenters. The fourth-order valence-corrected chi connectivity index (χ4v) is 1.48. The lowest BCUT2D eigenvalue weighted by Gasteiger charge is -2.31. The van der Waals surface area contributed by atoms with Crippen molar-refractivity contribution in [1.29, 1.82) is 0 Å². The van der Waals surface area contributed by atoms with Gasteiger partial charge in [0.15, 0.2) is 0 Å². The number of carbonyl (C=O) groups is 1. The van der Waals surface area contributed by atoms with Gasteiger partial charge in [-0.25, -0.2) is 0 Å². The molecule has 0 aromatic carbocycles. The van der Waals surface area contributed by atoms with Crippen LogP contribution in [0.2, 0.25) is 0 Å². The van der Waals surface area contributed by atoms with Crippen molar-refractivity contribution < 1.29 is 9.53 Å². The smallest absolute Gasteiger partial charge is 0.323 e. The Morgan fingerprint density at radius 2 is 2.15 bits per heavy atom. The van der Waals surface area contributed by atoms with E-state index in [-0.39, 0.29) is 12.0 Å². The maximum atomic E-state index is 11.4. The Balaban J connectivity index is 2.35. The van der Waals surface area contributed by atoms with E-state index >= 15 is 0 Å². The molecule has 1 fully saturated rings. The van der Waals surface area contributed by atoms with Gasteiger partial charge in [-0.3, -0.25) is 9.69 Å². The molecule has 1 rings (SSSR count). The molecular weight excluding hydrogens is 168 g/mol. The summed E-state index contributed by atoms with van der Waals surface area (Å²) in [6, 6.07) is -0.0953. The molecule has 1 saturated heterocycles. The second-order valence-electron chi connectivity index (χ2n) is 3.21. The zero-order valence-electron chi connectivity index (χ0n) is 8.38. The van der Waals surface area contributed by atoms with E-state index < -0.39 is 0 Å². The minimum atomic E-state index is -0.107. The third-order valence-electron chi connectivity index (χ3n) is 2.33. The van der Waals surface area contributed by atoms with Gasteiger partial charge in [0.05, 0.1) is 6.61 Å². The Morgan fingerprint density at radius 3 is 2.69 bits per heavy atom. The van der Waals surface area contributed by atoms with Crippen LogP contribution in [0.1, 0.15) is 13.8 Å². The molecule has 13 heavy (non-hydrogen) atoms. The standard InChI is InChI=1S/C9H18N2O2/c1-3-13-9(12)8(2)11-6-4-10-5-7-11/h8,10H,3-7H2,1-2H3/t8-/m0/s1. The number of hydrogen-bond acceptors (Lipinski definition) is 4. The molecule has 1 N–H and O–H groups in total. The van der Waals surface area contributed by atoms with E-state index in [2.05, 4.69) is 10.2 Å². The van der Waals surface area contributed by atoms with E-state index in [1.807, 2.05) is 13.8 Å². The average Bonchev–Trinajstić information content (AvgIpc) is 2.18. The molecular formula is C9H18N2O2. The van der Waals surface area contributed by atoms with Gasteiger partial charge in [-0.2, -0.15) is 0 Å². The molecule has 0 spiro atoms. The Labute approximate surface area is 79.2 Å². The van der Waals surface area contributed by atoms with Gasteiger partial charge >= 0.3 is 5.97 Å². The molecule has 0 aromatic heterocycles. The number of nitrogens with one attached hydrogen (secondary N) is 1. The van der Waals surface area contributed by atoms with E-state index in [0.717, 1.165) is 26.2 Å². The summed E-state index contributed by atoms with van der Waals surface area (Å²) in [6.07, 6.45) is 0. The maximum absolute atomic E-state index is 11.4. The molecule has 76 valence electrons. The summed E-state index contributed by atoms with van der Waals surface area (Å²) in [5.41, 5.74) is 0. The van der Waals surface area contributed by atoms with Gasteiger partial charge in [0.1, 0.15) is 6.04 Å². The highest BCUT2D eigenvalue weighted by molar-refractivity contribution is 5.75. The van der Waals surface area contributed by atoms with Crippen molar-refractivity contribution >= 4 is 5.97 Å². The van der Waals surface area contributed by atoms with E-state index in [0.29, 0.717) is 6.61 Å². The minimum Gasteiger partial charge on any atom is -0.465 e. The molecule has 1 aliphatic heterocycles. The predicted octanol–water partition coefficient (Wildman–Crippen LogP) is -0.157. The van der Waals surface area contributed by atoms with Crippen molar-refractivity contribution in [2.24, 2.45) is 0 Å². The van der Waals surface area contributed by atoms with Crippen molar-refractivity contribution in [3.8, 4) is 0 Å². The van der Waals surface area contributed by atoms with Gasteiger partial charge in [-0.1, -0.05) is 0 Å². The monoisotopic (exact) mass is 186 g/mol. The summed E-state index contributed by atoms with van der Waals surface area (Å²) < 4.78 is 4.96. The van der Waals surface area contributed by atoms with Crippen LogP contribution in [0.15, 0.2) is 0 Å². The number of esters is 1. The van der Waals surface area contributed by atoms with Crippen molar-refractivity contribution in [1.82, 2.24) is 10.2 Å². The van der Waals surface area contributed by atoms with Gasteiger partial charge in [0.25, 0.3) is 0 Å². The molecule has 1 heterocycles. The lowest BCUT2D eigenvalue weighted by atomic mass is 10.2. The average molecular weight is 186 g/mol. The molecule has 0 bridgehead atoms. The lowest BCUT2D eigenvalue weighted by Crippen LogP contribution is -2.50. The fraction of sp³-hybridized carbons (Fsp3) is 0.889. The number of rotatable bonds is 3.